The molecule has 3 aromatic rings. The van der Waals surface area contributed by atoms with E-state index in [1.165, 1.54) is 0 Å². The minimum atomic E-state index is -0.611. The molecule has 1 unspecified atom stereocenters. The molecule has 0 fully saturated rings. The van der Waals surface area contributed by atoms with Crippen LogP contribution in [0.15, 0.2) is 48.5 Å². The number of rotatable bonds is 5. The lowest BCUT2D eigenvalue weighted by Crippen LogP contribution is -2.14. The SMILES string of the molecule is COc1ccccc1-n1nnc(C(=O)Nc2cccc(C(C)O)c2)c1C. The Morgan fingerprint density at radius 2 is 2.00 bits per heavy atom. The number of nitrogens with zero attached hydrogens (tertiary/aromatic N) is 3. The largest absolute Gasteiger partial charge is 0.494 e. The van der Waals surface area contributed by atoms with Crippen molar-refractivity contribution in [2.45, 2.75) is 20.0 Å². The molecule has 2 N–H and O–H groups in total. The molecule has 7 nitrogen and oxygen atoms in total. The first-order valence-electron chi connectivity index (χ1n) is 8.16. The van der Waals surface area contributed by atoms with E-state index >= 15 is 0 Å². The van der Waals surface area contributed by atoms with E-state index in [2.05, 4.69) is 15.6 Å². The molecule has 3 rings (SSSR count). The van der Waals surface area contributed by atoms with Gasteiger partial charge in [-0.1, -0.05) is 29.5 Å². The lowest BCUT2D eigenvalue weighted by molar-refractivity contribution is 0.102. The summed E-state index contributed by atoms with van der Waals surface area (Å²) >= 11 is 0. The normalized spacial score (nSPS) is 11.8. The van der Waals surface area contributed by atoms with Gasteiger partial charge in [0.15, 0.2) is 5.69 Å². The minimum absolute atomic E-state index is 0.221. The lowest BCUT2D eigenvalue weighted by atomic mass is 10.1. The molecular formula is C19H20N4O3. The van der Waals surface area contributed by atoms with Crippen molar-refractivity contribution in [2.24, 2.45) is 0 Å². The number of nitrogens with one attached hydrogen (secondary N) is 1. The summed E-state index contributed by atoms with van der Waals surface area (Å²) in [6.45, 7) is 3.44. The average Bonchev–Trinajstić information content (AvgIpc) is 3.03. The van der Waals surface area contributed by atoms with E-state index in [4.69, 9.17) is 4.74 Å². The third-order valence-corrected chi connectivity index (χ3v) is 4.05. The molecule has 2 aromatic carbocycles. The summed E-state index contributed by atoms with van der Waals surface area (Å²) in [4.78, 5) is 12.6. The van der Waals surface area contributed by atoms with E-state index in [0.29, 0.717) is 22.8 Å². The second-order valence-corrected chi connectivity index (χ2v) is 5.86. The van der Waals surface area contributed by atoms with Gasteiger partial charge in [-0.05, 0) is 43.7 Å². The van der Waals surface area contributed by atoms with Crippen molar-refractivity contribution in [1.29, 1.82) is 0 Å². The van der Waals surface area contributed by atoms with Crippen LogP contribution in [0.2, 0.25) is 0 Å². The van der Waals surface area contributed by atoms with Crippen LogP contribution >= 0.6 is 0 Å². The highest BCUT2D eigenvalue weighted by Crippen LogP contribution is 2.24. The lowest BCUT2D eigenvalue weighted by Gasteiger charge is -2.10. The Labute approximate surface area is 151 Å². The zero-order valence-corrected chi connectivity index (χ0v) is 14.8. The number of carbonyl (C=O) groups excluding carboxylic acids is 1. The van der Waals surface area contributed by atoms with Crippen LogP contribution in [0.25, 0.3) is 5.69 Å². The van der Waals surface area contributed by atoms with Gasteiger partial charge in [0.25, 0.3) is 5.91 Å². The maximum Gasteiger partial charge on any atom is 0.278 e. The molecule has 0 saturated heterocycles. The number of hydrogen-bond donors (Lipinski definition) is 2. The van der Waals surface area contributed by atoms with Crippen LogP contribution in [0, 0.1) is 6.92 Å². The van der Waals surface area contributed by atoms with E-state index < -0.39 is 6.10 Å². The number of aliphatic hydroxyl groups excluding tert-OH is 1. The van der Waals surface area contributed by atoms with E-state index in [1.807, 2.05) is 24.3 Å². The Bertz CT molecular complexity index is 934. The third kappa shape index (κ3) is 3.43. The Hall–Kier alpha value is -3.19. The van der Waals surface area contributed by atoms with Crippen molar-refractivity contribution >= 4 is 11.6 Å². The average molecular weight is 352 g/mol. The molecule has 0 bridgehead atoms. The molecule has 0 saturated carbocycles. The minimum Gasteiger partial charge on any atom is -0.494 e. The molecule has 1 heterocycles. The summed E-state index contributed by atoms with van der Waals surface area (Å²) < 4.78 is 6.91. The fourth-order valence-corrected chi connectivity index (χ4v) is 2.64. The zero-order valence-electron chi connectivity index (χ0n) is 14.8. The number of para-hydroxylation sites is 2. The van der Waals surface area contributed by atoms with Gasteiger partial charge in [-0.25, -0.2) is 4.68 Å². The topological polar surface area (TPSA) is 89.3 Å². The Morgan fingerprint density at radius 1 is 1.23 bits per heavy atom. The molecule has 7 heteroatoms. The maximum atomic E-state index is 12.6. The van der Waals surface area contributed by atoms with Gasteiger partial charge in [0.1, 0.15) is 11.4 Å². The number of anilines is 1. The Morgan fingerprint density at radius 3 is 2.73 bits per heavy atom. The standard InChI is InChI=1S/C19H20N4O3/c1-12-18(19(25)20-15-8-6-7-14(11-15)13(2)24)21-22-23(12)16-9-4-5-10-17(16)26-3/h4-11,13,24H,1-3H3,(H,20,25). The number of carbonyl (C=O) groups is 1. The molecule has 0 radical (unpaired) electrons. The molecule has 1 atom stereocenters. The third-order valence-electron chi connectivity index (χ3n) is 4.05. The molecule has 0 aliphatic heterocycles. The second-order valence-electron chi connectivity index (χ2n) is 5.86. The first-order chi connectivity index (χ1) is 12.5. The fourth-order valence-electron chi connectivity index (χ4n) is 2.64. The molecule has 134 valence electrons. The highest BCUT2D eigenvalue weighted by Gasteiger charge is 2.19. The summed E-state index contributed by atoms with van der Waals surface area (Å²) in [6.07, 6.45) is -0.611. The summed E-state index contributed by atoms with van der Waals surface area (Å²) in [6, 6.07) is 14.4. The van der Waals surface area contributed by atoms with Crippen molar-refractivity contribution in [3.05, 3.63) is 65.5 Å². The fraction of sp³-hybridized carbons (Fsp3) is 0.211. The van der Waals surface area contributed by atoms with Crippen LogP contribution in [0.5, 0.6) is 5.75 Å². The molecule has 1 amide bonds. The van der Waals surface area contributed by atoms with Crippen molar-refractivity contribution in [1.82, 2.24) is 15.0 Å². The van der Waals surface area contributed by atoms with Crippen molar-refractivity contribution < 1.29 is 14.6 Å². The predicted molar refractivity (Wildman–Crippen MR) is 97.7 cm³/mol. The highest BCUT2D eigenvalue weighted by atomic mass is 16.5. The summed E-state index contributed by atoms with van der Waals surface area (Å²) in [7, 11) is 1.58. The van der Waals surface area contributed by atoms with Crippen molar-refractivity contribution in [3.8, 4) is 11.4 Å². The molecular weight excluding hydrogens is 332 g/mol. The first-order valence-corrected chi connectivity index (χ1v) is 8.16. The van der Waals surface area contributed by atoms with Gasteiger partial charge in [0.05, 0.1) is 18.9 Å². The van der Waals surface area contributed by atoms with Crippen LogP contribution < -0.4 is 10.1 Å². The highest BCUT2D eigenvalue weighted by molar-refractivity contribution is 6.03. The smallest absolute Gasteiger partial charge is 0.278 e. The van der Waals surface area contributed by atoms with Gasteiger partial charge >= 0.3 is 0 Å². The maximum absolute atomic E-state index is 12.6. The van der Waals surface area contributed by atoms with Gasteiger partial charge in [0, 0.05) is 5.69 Å². The van der Waals surface area contributed by atoms with Crippen LogP contribution in [0.3, 0.4) is 0 Å². The Kier molecular flexibility index (Phi) is 4.99. The predicted octanol–water partition coefficient (Wildman–Crippen LogP) is 2.89. The molecule has 26 heavy (non-hydrogen) atoms. The van der Waals surface area contributed by atoms with Crippen LogP contribution in [0.1, 0.15) is 34.8 Å². The molecule has 0 spiro atoms. The number of hydrogen-bond acceptors (Lipinski definition) is 5. The second kappa shape index (κ2) is 7.37. The van der Waals surface area contributed by atoms with Gasteiger partial charge < -0.3 is 15.2 Å². The number of amides is 1. The van der Waals surface area contributed by atoms with Gasteiger partial charge in [-0.3, -0.25) is 4.79 Å². The molecule has 1 aromatic heterocycles. The summed E-state index contributed by atoms with van der Waals surface area (Å²) in [5.41, 5.74) is 2.82. The van der Waals surface area contributed by atoms with E-state index in [0.717, 1.165) is 5.56 Å². The van der Waals surface area contributed by atoms with Gasteiger partial charge in [-0.15, -0.1) is 5.10 Å². The number of ether oxygens (including phenoxy) is 1. The van der Waals surface area contributed by atoms with Crippen LogP contribution in [-0.2, 0) is 0 Å². The van der Waals surface area contributed by atoms with Crippen molar-refractivity contribution in [2.75, 3.05) is 12.4 Å². The monoisotopic (exact) mass is 352 g/mol. The number of aliphatic hydroxyl groups is 1. The van der Waals surface area contributed by atoms with E-state index in [-0.39, 0.29) is 11.6 Å². The van der Waals surface area contributed by atoms with Crippen LogP contribution in [-0.4, -0.2) is 33.1 Å². The van der Waals surface area contributed by atoms with Crippen LogP contribution in [0.4, 0.5) is 5.69 Å². The molecule has 0 aliphatic rings. The van der Waals surface area contributed by atoms with E-state index in [1.54, 1.807) is 49.9 Å². The van der Waals surface area contributed by atoms with E-state index in [9.17, 15) is 9.90 Å². The molecule has 0 aliphatic carbocycles. The summed E-state index contributed by atoms with van der Waals surface area (Å²) in [5, 5.41) is 20.6. The number of methoxy groups -OCH3 is 1. The number of aromatic nitrogens is 3. The number of benzene rings is 2. The zero-order chi connectivity index (χ0) is 18.7. The summed E-state index contributed by atoms with van der Waals surface area (Å²) in [5.74, 6) is 0.267. The van der Waals surface area contributed by atoms with Gasteiger partial charge in [0.2, 0.25) is 0 Å². The van der Waals surface area contributed by atoms with Gasteiger partial charge in [-0.2, -0.15) is 0 Å². The quantitative estimate of drug-likeness (QED) is 0.737. The Balaban J connectivity index is 1.88. The first kappa shape index (κ1) is 17.6. The van der Waals surface area contributed by atoms with Crippen molar-refractivity contribution in [3.63, 3.8) is 0 Å².